The molecule has 0 radical (unpaired) electrons. The van der Waals surface area contributed by atoms with Crippen LogP contribution in [0, 0.1) is 4.91 Å². The summed E-state index contributed by atoms with van der Waals surface area (Å²) in [5, 5.41) is 15.1. The van der Waals surface area contributed by atoms with Crippen LogP contribution in [0.4, 0.5) is 16.2 Å². The van der Waals surface area contributed by atoms with E-state index in [2.05, 4.69) is 60.4 Å². The fourth-order valence-electron chi connectivity index (χ4n) is 8.49. The van der Waals surface area contributed by atoms with Gasteiger partial charge < -0.3 is 29.1 Å². The second kappa shape index (κ2) is 23.6. The molecule has 6 rings (SSSR count). The van der Waals surface area contributed by atoms with Crippen molar-refractivity contribution in [3.63, 3.8) is 0 Å². The Balaban J connectivity index is 0.000000241. The van der Waals surface area contributed by atoms with Crippen molar-refractivity contribution in [3.8, 4) is 11.5 Å². The lowest BCUT2D eigenvalue weighted by atomic mass is 9.74. The van der Waals surface area contributed by atoms with Crippen LogP contribution in [0.15, 0.2) is 102 Å². The number of anilines is 1. The largest absolute Gasteiger partial charge is 0.508 e. The van der Waals surface area contributed by atoms with E-state index in [1.54, 1.807) is 57.2 Å². The summed E-state index contributed by atoms with van der Waals surface area (Å²) in [6.45, 7) is 19.8. The number of phenols is 1. The lowest BCUT2D eigenvalue weighted by Gasteiger charge is -2.35. The fraction of sp³-hybridized carbons (Fsp3) is 0.491. The summed E-state index contributed by atoms with van der Waals surface area (Å²) in [7, 11) is 4.39. The molecule has 0 aliphatic carbocycles. The number of aromatic hydroxyl groups is 1. The molecule has 0 spiro atoms. The molecule has 12 heteroatoms. The highest BCUT2D eigenvalue weighted by molar-refractivity contribution is 5.92. The highest BCUT2D eigenvalue weighted by atomic mass is 16.6. The first-order valence-electron chi connectivity index (χ1n) is 22.9. The maximum absolute atomic E-state index is 12.5. The lowest BCUT2D eigenvalue weighted by Crippen LogP contribution is -2.37. The van der Waals surface area contributed by atoms with Gasteiger partial charge >= 0.3 is 18.0 Å². The van der Waals surface area contributed by atoms with Crippen LogP contribution < -0.4 is 10.1 Å². The number of carbonyl (C=O) groups excluding carboxylic acids is 3. The zero-order chi connectivity index (χ0) is 47.8. The van der Waals surface area contributed by atoms with E-state index in [1.165, 1.54) is 74.0 Å². The summed E-state index contributed by atoms with van der Waals surface area (Å²) in [5.41, 5.74) is 3.41. The average Bonchev–Trinajstić information content (AvgIpc) is 3.58. The van der Waals surface area contributed by atoms with Gasteiger partial charge in [0.05, 0.1) is 11.1 Å². The van der Waals surface area contributed by atoms with E-state index in [1.807, 2.05) is 45.0 Å². The van der Waals surface area contributed by atoms with Gasteiger partial charge in [-0.05, 0) is 196 Å². The zero-order valence-corrected chi connectivity index (χ0v) is 40.4. The van der Waals surface area contributed by atoms with E-state index in [4.69, 9.17) is 14.2 Å². The number of amides is 1. The van der Waals surface area contributed by atoms with Crippen molar-refractivity contribution < 1.29 is 33.7 Å². The van der Waals surface area contributed by atoms with Gasteiger partial charge in [0.1, 0.15) is 28.4 Å². The Labute approximate surface area is 387 Å². The predicted molar refractivity (Wildman–Crippen MR) is 260 cm³/mol. The topological polar surface area (TPSA) is 147 Å². The molecule has 65 heavy (non-hydrogen) atoms. The van der Waals surface area contributed by atoms with Gasteiger partial charge in [0.15, 0.2) is 0 Å². The second-order valence-corrected chi connectivity index (χ2v) is 19.5. The van der Waals surface area contributed by atoms with Crippen molar-refractivity contribution in [1.29, 1.82) is 0 Å². The van der Waals surface area contributed by atoms with Gasteiger partial charge in [0.25, 0.3) is 0 Å². The van der Waals surface area contributed by atoms with Crippen LogP contribution in [-0.2, 0) is 20.3 Å². The minimum Gasteiger partial charge on any atom is -0.508 e. The number of likely N-dealkylation sites (N-methyl/N-ethyl adjacent to an activating group) is 2. The number of hydrogen-bond donors (Lipinski definition) is 2. The summed E-state index contributed by atoms with van der Waals surface area (Å²) < 4.78 is 16.1. The van der Waals surface area contributed by atoms with Crippen LogP contribution >= 0.6 is 0 Å². The third-order valence-electron chi connectivity index (χ3n) is 11.9. The number of hydrogen-bond acceptors (Lipinski definition) is 11. The van der Waals surface area contributed by atoms with Crippen LogP contribution in [0.2, 0.25) is 0 Å². The molecular formula is C53H72N4O8. The van der Waals surface area contributed by atoms with Crippen molar-refractivity contribution in [1.82, 2.24) is 9.80 Å². The SMILES string of the molecule is CC(C)(C)OC(=O)c1ccc(N=O)cc1.CCC1(c2cccc(O)c2)CCCCN(C)C1.CCC1(c2cccc(OC(=O)Nc3ccc(C(=O)OC(C)(C)C)cc3)c2)CCCCN(C)C1. The van der Waals surface area contributed by atoms with Crippen LogP contribution in [0.5, 0.6) is 11.5 Å². The van der Waals surface area contributed by atoms with Gasteiger partial charge in [-0.3, -0.25) is 5.32 Å². The van der Waals surface area contributed by atoms with Crippen molar-refractivity contribution >= 4 is 29.4 Å². The number of likely N-dealkylation sites (tertiary alicyclic amines) is 2. The monoisotopic (exact) mass is 893 g/mol. The normalized spacial score (nSPS) is 19.4. The molecule has 2 heterocycles. The van der Waals surface area contributed by atoms with E-state index in [-0.39, 0.29) is 10.8 Å². The summed E-state index contributed by atoms with van der Waals surface area (Å²) in [5.74, 6) is 0.111. The third kappa shape index (κ3) is 16.4. The Morgan fingerprint density at radius 1 is 0.662 bits per heavy atom. The third-order valence-corrected chi connectivity index (χ3v) is 11.9. The molecule has 2 aliphatic heterocycles. The van der Waals surface area contributed by atoms with Crippen LogP contribution in [0.3, 0.4) is 0 Å². The van der Waals surface area contributed by atoms with Crippen molar-refractivity contribution in [3.05, 3.63) is 124 Å². The van der Waals surface area contributed by atoms with Crippen LogP contribution in [-0.4, -0.2) is 84.4 Å². The van der Waals surface area contributed by atoms with E-state index < -0.39 is 29.2 Å². The molecule has 352 valence electrons. The number of esters is 2. The summed E-state index contributed by atoms with van der Waals surface area (Å²) in [6.07, 6.45) is 8.96. The molecule has 4 aromatic carbocycles. The maximum atomic E-state index is 12.5. The number of ether oxygens (including phenoxy) is 3. The Morgan fingerprint density at radius 2 is 1.12 bits per heavy atom. The van der Waals surface area contributed by atoms with Gasteiger partial charge in [0.2, 0.25) is 0 Å². The summed E-state index contributed by atoms with van der Waals surface area (Å²) >= 11 is 0. The molecule has 2 aliphatic rings. The second-order valence-electron chi connectivity index (χ2n) is 19.5. The Morgan fingerprint density at radius 3 is 1.57 bits per heavy atom. The number of carbonyl (C=O) groups is 3. The quantitative estimate of drug-likeness (QED) is 0.123. The smallest absolute Gasteiger partial charge is 0.417 e. The van der Waals surface area contributed by atoms with E-state index >= 15 is 0 Å². The molecule has 0 saturated carbocycles. The zero-order valence-electron chi connectivity index (χ0n) is 40.4. The first-order chi connectivity index (χ1) is 30.7. The minimum absolute atomic E-state index is 0.0680. The molecule has 12 nitrogen and oxygen atoms in total. The predicted octanol–water partition coefficient (Wildman–Crippen LogP) is 12.2. The van der Waals surface area contributed by atoms with Gasteiger partial charge in [-0.1, -0.05) is 51.0 Å². The summed E-state index contributed by atoms with van der Waals surface area (Å²) in [6, 6.07) is 28.3. The first-order valence-corrected chi connectivity index (χ1v) is 22.9. The fourth-order valence-corrected chi connectivity index (χ4v) is 8.49. The number of benzene rings is 4. The molecule has 0 bridgehead atoms. The van der Waals surface area contributed by atoms with Crippen LogP contribution in [0.25, 0.3) is 0 Å². The average molecular weight is 893 g/mol. The highest BCUT2D eigenvalue weighted by Gasteiger charge is 2.34. The van der Waals surface area contributed by atoms with E-state index in [0.29, 0.717) is 34.0 Å². The van der Waals surface area contributed by atoms with Gasteiger partial charge in [-0.25, -0.2) is 14.4 Å². The van der Waals surface area contributed by atoms with Gasteiger partial charge in [-0.15, -0.1) is 4.91 Å². The van der Waals surface area contributed by atoms with Crippen molar-refractivity contribution in [2.75, 3.05) is 45.6 Å². The molecule has 0 aromatic heterocycles. The molecule has 2 atom stereocenters. The van der Waals surface area contributed by atoms with E-state index in [9.17, 15) is 24.4 Å². The number of nitrogens with one attached hydrogen (secondary N) is 1. The standard InChI is InChI=1S/C27H36N2O4.C15H23NO.C11H13NO3/c1-6-27(16-7-8-17-29(5)19-27)21-10-9-11-23(18-21)32-25(31)28-22-14-12-20(13-15-22)24(30)33-26(2,3)4;1-3-15(9-4-5-10-16(2)12-15)13-7-6-8-14(17)11-13;1-11(2,3)15-10(13)8-4-6-9(12-14)7-5-8/h9-15,18H,6-8,16-17,19H2,1-5H3,(H,28,31);6-8,11,17H,3-5,9-10,12H2,1-2H3;4-7H,1-3H3. The van der Waals surface area contributed by atoms with E-state index in [0.717, 1.165) is 38.9 Å². The number of rotatable bonds is 9. The molecule has 2 saturated heterocycles. The molecule has 1 amide bonds. The number of nitrogens with zero attached hydrogens (tertiary/aromatic N) is 3. The maximum Gasteiger partial charge on any atom is 0.417 e. The number of nitroso groups, excluding NO2 is 1. The molecule has 4 aromatic rings. The molecular weight excluding hydrogens is 821 g/mol. The number of phenolic OH excluding ortho intramolecular Hbond substituents is 1. The summed E-state index contributed by atoms with van der Waals surface area (Å²) in [4.78, 5) is 51.2. The lowest BCUT2D eigenvalue weighted by molar-refractivity contribution is 0.00570. The van der Waals surface area contributed by atoms with Crippen LogP contribution in [0.1, 0.15) is 139 Å². The molecule has 2 unspecified atom stereocenters. The minimum atomic E-state index is -0.569. The highest BCUT2D eigenvalue weighted by Crippen LogP contribution is 2.39. The Bertz CT molecular complexity index is 2160. The Hall–Kier alpha value is -5.59. The van der Waals surface area contributed by atoms with Crippen molar-refractivity contribution in [2.45, 2.75) is 129 Å². The first kappa shape index (κ1) is 52.0. The van der Waals surface area contributed by atoms with Crippen molar-refractivity contribution in [2.24, 2.45) is 5.18 Å². The molecule has 2 N–H and O–H groups in total. The van der Waals surface area contributed by atoms with Gasteiger partial charge in [0, 0.05) is 29.6 Å². The van der Waals surface area contributed by atoms with Gasteiger partial charge in [-0.2, -0.15) is 0 Å². The Kier molecular flexibility index (Phi) is 18.9. The molecule has 2 fully saturated rings.